The van der Waals surface area contributed by atoms with Gasteiger partial charge in [-0.15, -0.1) is 0 Å². The van der Waals surface area contributed by atoms with E-state index in [1.165, 1.54) is 0 Å². The van der Waals surface area contributed by atoms with Crippen LogP contribution in [0.1, 0.15) is 19.8 Å². The summed E-state index contributed by atoms with van der Waals surface area (Å²) in [5.74, 6) is 0.391. The van der Waals surface area contributed by atoms with E-state index in [0.29, 0.717) is 23.1 Å². The second-order valence-corrected chi connectivity index (χ2v) is 5.82. The van der Waals surface area contributed by atoms with E-state index in [1.807, 2.05) is 0 Å². The highest BCUT2D eigenvalue weighted by molar-refractivity contribution is 8.69. The molecule has 0 fully saturated rings. The normalized spacial score (nSPS) is 11.8. The molecule has 74 valence electrons. The number of rotatable bonds is 7. The zero-order valence-electron chi connectivity index (χ0n) is 7.12. The molecule has 0 rings (SSSR count). The molecule has 0 atom stereocenters. The third kappa shape index (κ3) is 10.2. The molecule has 12 heavy (non-hydrogen) atoms. The molecule has 4 nitrogen and oxygen atoms in total. The topological polar surface area (TPSA) is 66.4 Å². The van der Waals surface area contributed by atoms with Gasteiger partial charge in [-0.25, -0.2) is 0 Å². The standard InChI is InChI=1S/C6H15NO3S2/c1-2-3-4-7-5-6-11-12(8,9)10/h7H,2-6H2,1H3,(H,8,9,10). The summed E-state index contributed by atoms with van der Waals surface area (Å²) in [6.45, 7) is 3.61. The molecule has 0 amide bonds. The van der Waals surface area contributed by atoms with E-state index in [-0.39, 0.29) is 0 Å². The van der Waals surface area contributed by atoms with Crippen LogP contribution in [0.5, 0.6) is 0 Å². The summed E-state index contributed by atoms with van der Waals surface area (Å²) in [5.41, 5.74) is 0. The van der Waals surface area contributed by atoms with Gasteiger partial charge in [-0.3, -0.25) is 4.55 Å². The maximum atomic E-state index is 10.2. The van der Waals surface area contributed by atoms with Crippen molar-refractivity contribution in [1.82, 2.24) is 5.32 Å². The van der Waals surface area contributed by atoms with E-state index in [1.54, 1.807) is 0 Å². The SMILES string of the molecule is CCCCNCCSS(=O)(=O)O. The highest BCUT2D eigenvalue weighted by Gasteiger charge is 2.02. The molecule has 0 aromatic rings. The lowest BCUT2D eigenvalue weighted by molar-refractivity contribution is 0.503. The average Bonchev–Trinajstić information content (AvgIpc) is 1.94. The maximum Gasteiger partial charge on any atom is 0.319 e. The molecule has 0 saturated heterocycles. The molecular formula is C6H15NO3S2. The molecule has 0 spiro atoms. The number of nitrogens with one attached hydrogen (secondary N) is 1. The minimum Gasteiger partial charge on any atom is -0.316 e. The Bertz CT molecular complexity index is 191. The van der Waals surface area contributed by atoms with Crippen LogP contribution in [0.2, 0.25) is 0 Å². The molecule has 0 aliphatic rings. The first kappa shape index (κ1) is 12.2. The van der Waals surface area contributed by atoms with E-state index >= 15 is 0 Å². The van der Waals surface area contributed by atoms with Crippen molar-refractivity contribution in [3.63, 3.8) is 0 Å². The first-order valence-electron chi connectivity index (χ1n) is 3.89. The molecule has 0 unspecified atom stereocenters. The van der Waals surface area contributed by atoms with Crippen LogP contribution in [0.3, 0.4) is 0 Å². The Labute approximate surface area is 77.3 Å². The lowest BCUT2D eigenvalue weighted by Gasteiger charge is -2.00. The van der Waals surface area contributed by atoms with Crippen molar-refractivity contribution in [1.29, 1.82) is 0 Å². The van der Waals surface area contributed by atoms with E-state index in [4.69, 9.17) is 4.55 Å². The Morgan fingerprint density at radius 1 is 1.42 bits per heavy atom. The fourth-order valence-electron chi connectivity index (χ4n) is 0.646. The molecule has 0 radical (unpaired) electrons. The van der Waals surface area contributed by atoms with Crippen molar-refractivity contribution in [2.75, 3.05) is 18.8 Å². The second kappa shape index (κ2) is 6.71. The maximum absolute atomic E-state index is 10.2. The lowest BCUT2D eigenvalue weighted by Crippen LogP contribution is -2.18. The van der Waals surface area contributed by atoms with Crippen LogP contribution in [0.25, 0.3) is 0 Å². The van der Waals surface area contributed by atoms with Gasteiger partial charge in [0.2, 0.25) is 0 Å². The van der Waals surface area contributed by atoms with Crippen molar-refractivity contribution in [2.24, 2.45) is 0 Å². The van der Waals surface area contributed by atoms with Crippen LogP contribution >= 0.6 is 10.8 Å². The quantitative estimate of drug-likeness (QED) is 0.374. The van der Waals surface area contributed by atoms with E-state index in [2.05, 4.69) is 12.2 Å². The van der Waals surface area contributed by atoms with Crippen LogP contribution in [0, 0.1) is 0 Å². The highest BCUT2D eigenvalue weighted by atomic mass is 33.1. The summed E-state index contributed by atoms with van der Waals surface area (Å²) in [5, 5.41) is 3.06. The largest absolute Gasteiger partial charge is 0.319 e. The molecule has 6 heteroatoms. The Morgan fingerprint density at radius 3 is 2.58 bits per heavy atom. The Kier molecular flexibility index (Phi) is 6.83. The molecule has 2 N–H and O–H groups in total. The van der Waals surface area contributed by atoms with Gasteiger partial charge < -0.3 is 5.32 Å². The van der Waals surface area contributed by atoms with Gasteiger partial charge in [0.15, 0.2) is 0 Å². The van der Waals surface area contributed by atoms with Crippen LogP contribution in [-0.2, 0) is 9.15 Å². The molecule has 0 saturated carbocycles. The monoisotopic (exact) mass is 213 g/mol. The molecular weight excluding hydrogens is 198 g/mol. The fourth-order valence-corrected chi connectivity index (χ4v) is 1.97. The zero-order valence-corrected chi connectivity index (χ0v) is 8.75. The molecule has 0 aliphatic carbocycles. The first-order chi connectivity index (χ1) is 5.56. The van der Waals surface area contributed by atoms with Crippen molar-refractivity contribution in [3.8, 4) is 0 Å². The van der Waals surface area contributed by atoms with Gasteiger partial charge in [-0.2, -0.15) is 8.42 Å². The van der Waals surface area contributed by atoms with Gasteiger partial charge in [0.25, 0.3) is 0 Å². The van der Waals surface area contributed by atoms with E-state index in [9.17, 15) is 8.42 Å². The van der Waals surface area contributed by atoms with Crippen LogP contribution in [-0.4, -0.2) is 31.8 Å². The third-order valence-electron chi connectivity index (χ3n) is 1.22. The van der Waals surface area contributed by atoms with Gasteiger partial charge in [0.05, 0.1) is 0 Å². The van der Waals surface area contributed by atoms with Crippen molar-refractivity contribution in [3.05, 3.63) is 0 Å². The first-order valence-corrected chi connectivity index (χ1v) is 6.83. The number of hydrogen-bond donors (Lipinski definition) is 2. The van der Waals surface area contributed by atoms with Crippen LogP contribution < -0.4 is 5.32 Å². The summed E-state index contributed by atoms with van der Waals surface area (Å²) in [4.78, 5) is 0. The Morgan fingerprint density at radius 2 is 2.08 bits per heavy atom. The van der Waals surface area contributed by atoms with Crippen LogP contribution in [0.15, 0.2) is 0 Å². The Hall–Kier alpha value is 0.220. The average molecular weight is 213 g/mol. The van der Waals surface area contributed by atoms with Gasteiger partial charge in [-0.05, 0) is 23.8 Å². The summed E-state index contributed by atoms with van der Waals surface area (Å²) in [7, 11) is -3.28. The number of unbranched alkanes of at least 4 members (excludes halogenated alkanes) is 1. The summed E-state index contributed by atoms with van der Waals surface area (Å²) in [6, 6.07) is 0. The Balaban J connectivity index is 3.12. The van der Waals surface area contributed by atoms with Crippen LogP contribution in [0.4, 0.5) is 0 Å². The summed E-state index contributed by atoms with van der Waals surface area (Å²) in [6.07, 6.45) is 2.22. The van der Waals surface area contributed by atoms with Gasteiger partial charge in [-0.1, -0.05) is 13.3 Å². The minimum atomic E-state index is -3.84. The highest BCUT2D eigenvalue weighted by Crippen LogP contribution is 2.06. The molecule has 0 aromatic heterocycles. The fraction of sp³-hybridized carbons (Fsp3) is 1.00. The third-order valence-corrected chi connectivity index (χ3v) is 3.28. The summed E-state index contributed by atoms with van der Waals surface area (Å²) < 4.78 is 28.7. The van der Waals surface area contributed by atoms with Crippen molar-refractivity contribution in [2.45, 2.75) is 19.8 Å². The second-order valence-electron chi connectivity index (χ2n) is 2.35. The van der Waals surface area contributed by atoms with Crippen molar-refractivity contribution >= 4 is 19.9 Å². The predicted octanol–water partition coefficient (Wildman–Crippen LogP) is 0.912. The van der Waals surface area contributed by atoms with E-state index < -0.39 is 9.15 Å². The van der Waals surface area contributed by atoms with Gasteiger partial charge in [0.1, 0.15) is 0 Å². The molecule has 0 heterocycles. The minimum absolute atomic E-state index is 0.391. The van der Waals surface area contributed by atoms with E-state index in [0.717, 1.165) is 19.4 Å². The number of hydrogen-bond acceptors (Lipinski definition) is 4. The molecule has 0 aromatic carbocycles. The lowest BCUT2D eigenvalue weighted by atomic mass is 10.3. The molecule has 0 bridgehead atoms. The van der Waals surface area contributed by atoms with Gasteiger partial charge >= 0.3 is 9.15 Å². The predicted molar refractivity (Wildman–Crippen MR) is 51.8 cm³/mol. The zero-order chi connectivity index (χ0) is 9.45. The molecule has 0 aliphatic heterocycles. The van der Waals surface area contributed by atoms with Crippen molar-refractivity contribution < 1.29 is 13.0 Å². The smallest absolute Gasteiger partial charge is 0.316 e. The summed E-state index contributed by atoms with van der Waals surface area (Å²) >= 11 is 0. The van der Waals surface area contributed by atoms with Gasteiger partial charge in [0, 0.05) is 12.3 Å².